The summed E-state index contributed by atoms with van der Waals surface area (Å²) < 4.78 is 0. The number of nitrogens with zero attached hydrogens (tertiary/aromatic N) is 2. The van der Waals surface area contributed by atoms with Crippen molar-refractivity contribution in [3.63, 3.8) is 0 Å². The van der Waals surface area contributed by atoms with Gasteiger partial charge in [0.05, 0.1) is 12.1 Å². The molecule has 0 saturated carbocycles. The van der Waals surface area contributed by atoms with E-state index < -0.39 is 0 Å². The molecule has 3 aromatic rings. The van der Waals surface area contributed by atoms with Crippen molar-refractivity contribution in [2.45, 2.75) is 39.7 Å². The topological polar surface area (TPSA) is 52.7 Å². The van der Waals surface area contributed by atoms with E-state index in [-0.39, 0.29) is 18.4 Å². The Morgan fingerprint density at radius 3 is 2.17 bits per heavy atom. The van der Waals surface area contributed by atoms with Gasteiger partial charge in [-0.15, -0.1) is 0 Å². The third kappa shape index (κ3) is 4.72. The first-order chi connectivity index (χ1) is 17.0. The molecule has 2 amide bonds. The van der Waals surface area contributed by atoms with Crippen LogP contribution in [0.1, 0.15) is 41.5 Å². The zero-order valence-corrected chi connectivity index (χ0v) is 20.4. The fourth-order valence-corrected chi connectivity index (χ4v) is 4.82. The molecule has 0 bridgehead atoms. The van der Waals surface area contributed by atoms with Crippen molar-refractivity contribution in [1.82, 2.24) is 4.90 Å². The van der Waals surface area contributed by atoms with Crippen LogP contribution in [0.5, 0.6) is 0 Å². The zero-order valence-electron chi connectivity index (χ0n) is 20.4. The van der Waals surface area contributed by atoms with E-state index in [1.807, 2.05) is 74.5 Å². The predicted molar refractivity (Wildman–Crippen MR) is 141 cm³/mol. The Bertz CT molecular complexity index is 1270. The number of carbonyl (C=O) groups is 2. The molecule has 0 radical (unpaired) electrons. The zero-order chi connectivity index (χ0) is 24.4. The Morgan fingerprint density at radius 2 is 1.49 bits per heavy atom. The maximum atomic E-state index is 13.6. The minimum Gasteiger partial charge on any atom is -0.372 e. The predicted octanol–water partition coefficient (Wildman–Crippen LogP) is 5.69. The van der Waals surface area contributed by atoms with Crippen molar-refractivity contribution in [3.05, 3.63) is 101 Å². The van der Waals surface area contributed by atoms with Crippen LogP contribution in [0.2, 0.25) is 0 Å². The molecule has 0 atom stereocenters. The molecule has 2 heterocycles. The number of hydrogen-bond donors (Lipinski definition) is 1. The van der Waals surface area contributed by atoms with Crippen LogP contribution in [0.15, 0.2) is 78.5 Å². The Kier molecular flexibility index (Phi) is 6.41. The number of aryl methyl sites for hydroxylation is 2. The largest absolute Gasteiger partial charge is 0.372 e. The minimum atomic E-state index is -0.299. The van der Waals surface area contributed by atoms with Crippen molar-refractivity contribution in [1.29, 1.82) is 0 Å². The molecule has 35 heavy (non-hydrogen) atoms. The number of piperidine rings is 1. The van der Waals surface area contributed by atoms with Gasteiger partial charge >= 0.3 is 0 Å². The van der Waals surface area contributed by atoms with Gasteiger partial charge in [-0.2, -0.15) is 0 Å². The van der Waals surface area contributed by atoms with Crippen molar-refractivity contribution >= 4 is 28.8 Å². The van der Waals surface area contributed by atoms with Gasteiger partial charge in [0, 0.05) is 24.5 Å². The van der Waals surface area contributed by atoms with Gasteiger partial charge < -0.3 is 10.2 Å². The number of rotatable bonds is 6. The van der Waals surface area contributed by atoms with Crippen LogP contribution in [-0.2, 0) is 16.1 Å². The Balaban J connectivity index is 1.47. The van der Waals surface area contributed by atoms with Crippen molar-refractivity contribution in [2.75, 3.05) is 23.3 Å². The Labute approximate surface area is 207 Å². The summed E-state index contributed by atoms with van der Waals surface area (Å²) in [5.74, 6) is -0.568. The summed E-state index contributed by atoms with van der Waals surface area (Å²) in [7, 11) is 0. The first-order valence-corrected chi connectivity index (χ1v) is 12.4. The first-order valence-electron chi connectivity index (χ1n) is 12.4. The third-order valence-corrected chi connectivity index (χ3v) is 7.00. The normalized spacial score (nSPS) is 16.3. The molecule has 5 rings (SSSR count). The van der Waals surface area contributed by atoms with Gasteiger partial charge in [0.15, 0.2) is 0 Å². The molecule has 2 aliphatic heterocycles. The molecule has 0 aliphatic carbocycles. The van der Waals surface area contributed by atoms with Gasteiger partial charge in [-0.25, -0.2) is 0 Å². The summed E-state index contributed by atoms with van der Waals surface area (Å²) in [5, 5.41) is 3.30. The van der Waals surface area contributed by atoms with Gasteiger partial charge in [-0.05, 0) is 79.6 Å². The third-order valence-electron chi connectivity index (χ3n) is 7.00. The van der Waals surface area contributed by atoms with E-state index in [1.165, 1.54) is 29.8 Å². The quantitative estimate of drug-likeness (QED) is 0.476. The second-order valence-corrected chi connectivity index (χ2v) is 9.45. The standard InChI is InChI=1S/C30H31N3O2/c1-21-11-12-24(19-22(21)2)27-28(30(35)33(29(27)34)20-23-9-5-3-6-10-23)31-25-13-15-26(16-14-25)32-17-7-4-8-18-32/h3,5-6,9-16,19,31H,4,7-8,17-18,20H2,1-2H3. The fraction of sp³-hybridized carbons (Fsp3) is 0.267. The summed E-state index contributed by atoms with van der Waals surface area (Å²) >= 11 is 0. The maximum Gasteiger partial charge on any atom is 0.278 e. The van der Waals surface area contributed by atoms with Crippen LogP contribution in [0.4, 0.5) is 11.4 Å². The fourth-order valence-electron chi connectivity index (χ4n) is 4.82. The number of imide groups is 1. The Morgan fingerprint density at radius 1 is 0.771 bits per heavy atom. The van der Waals surface area contributed by atoms with Gasteiger partial charge in [-0.3, -0.25) is 14.5 Å². The van der Waals surface area contributed by atoms with Crippen LogP contribution >= 0.6 is 0 Å². The molecule has 3 aromatic carbocycles. The highest BCUT2D eigenvalue weighted by molar-refractivity contribution is 6.36. The molecule has 0 unspecified atom stereocenters. The smallest absolute Gasteiger partial charge is 0.278 e. The monoisotopic (exact) mass is 465 g/mol. The minimum absolute atomic E-state index is 0.242. The van der Waals surface area contributed by atoms with Crippen LogP contribution in [-0.4, -0.2) is 29.8 Å². The van der Waals surface area contributed by atoms with Crippen molar-refractivity contribution in [3.8, 4) is 0 Å². The van der Waals surface area contributed by atoms with Gasteiger partial charge in [0.1, 0.15) is 5.70 Å². The number of benzene rings is 3. The number of amides is 2. The van der Waals surface area contributed by atoms with Crippen molar-refractivity contribution < 1.29 is 9.59 Å². The van der Waals surface area contributed by atoms with E-state index in [4.69, 9.17) is 0 Å². The molecule has 0 spiro atoms. The highest BCUT2D eigenvalue weighted by Crippen LogP contribution is 2.33. The summed E-state index contributed by atoms with van der Waals surface area (Å²) in [5.41, 5.74) is 6.66. The number of carbonyl (C=O) groups excluding carboxylic acids is 2. The number of hydrogen-bond acceptors (Lipinski definition) is 4. The lowest BCUT2D eigenvalue weighted by Crippen LogP contribution is -2.32. The Hall–Kier alpha value is -3.86. The van der Waals surface area contributed by atoms with E-state index in [1.54, 1.807) is 0 Å². The van der Waals surface area contributed by atoms with Crippen LogP contribution in [0.3, 0.4) is 0 Å². The summed E-state index contributed by atoms with van der Waals surface area (Å²) in [6.07, 6.45) is 3.74. The molecule has 5 nitrogen and oxygen atoms in total. The van der Waals surface area contributed by atoms with Crippen molar-refractivity contribution in [2.24, 2.45) is 0 Å². The lowest BCUT2D eigenvalue weighted by Gasteiger charge is -2.28. The molecule has 1 saturated heterocycles. The highest BCUT2D eigenvalue weighted by atomic mass is 16.2. The second kappa shape index (κ2) is 9.79. The van der Waals surface area contributed by atoms with Crippen LogP contribution in [0, 0.1) is 13.8 Å². The van der Waals surface area contributed by atoms with E-state index >= 15 is 0 Å². The molecular formula is C30H31N3O2. The molecule has 178 valence electrons. The van der Waals surface area contributed by atoms with E-state index in [0.29, 0.717) is 11.3 Å². The van der Waals surface area contributed by atoms with Gasteiger partial charge in [0.25, 0.3) is 11.8 Å². The SMILES string of the molecule is Cc1ccc(C2=C(Nc3ccc(N4CCCCC4)cc3)C(=O)N(Cc3ccccc3)C2=O)cc1C. The maximum absolute atomic E-state index is 13.6. The van der Waals surface area contributed by atoms with E-state index in [0.717, 1.165) is 41.0 Å². The number of nitrogens with one attached hydrogen (secondary N) is 1. The lowest BCUT2D eigenvalue weighted by molar-refractivity contribution is -0.137. The summed E-state index contributed by atoms with van der Waals surface area (Å²) in [6.45, 7) is 6.47. The van der Waals surface area contributed by atoms with E-state index in [2.05, 4.69) is 22.3 Å². The number of anilines is 2. The molecule has 5 heteroatoms. The second-order valence-electron chi connectivity index (χ2n) is 9.45. The van der Waals surface area contributed by atoms with Crippen LogP contribution < -0.4 is 10.2 Å². The molecule has 1 fully saturated rings. The van der Waals surface area contributed by atoms with E-state index in [9.17, 15) is 9.59 Å². The average Bonchev–Trinajstić information content (AvgIpc) is 3.11. The summed E-state index contributed by atoms with van der Waals surface area (Å²) in [6, 6.07) is 23.7. The van der Waals surface area contributed by atoms with Gasteiger partial charge in [-0.1, -0.05) is 48.5 Å². The van der Waals surface area contributed by atoms with Gasteiger partial charge in [0.2, 0.25) is 0 Å². The molecule has 2 aliphatic rings. The molecule has 1 N–H and O–H groups in total. The van der Waals surface area contributed by atoms with Crippen LogP contribution in [0.25, 0.3) is 5.57 Å². The molecular weight excluding hydrogens is 434 g/mol. The lowest BCUT2D eigenvalue weighted by atomic mass is 9.99. The molecule has 0 aromatic heterocycles. The highest BCUT2D eigenvalue weighted by Gasteiger charge is 2.39. The first kappa shape index (κ1) is 22.9. The average molecular weight is 466 g/mol. The summed E-state index contributed by atoms with van der Waals surface area (Å²) in [4.78, 5) is 30.9.